The molecular weight excluding hydrogens is 171 g/mol. The lowest BCUT2D eigenvalue weighted by atomic mass is 9.80. The lowest BCUT2D eigenvalue weighted by Crippen LogP contribution is -2.39. The third kappa shape index (κ3) is 2.42. The molecule has 0 aromatic heterocycles. The molecule has 1 saturated carbocycles. The third-order valence-electron chi connectivity index (χ3n) is 2.58. The van der Waals surface area contributed by atoms with Gasteiger partial charge in [-0.2, -0.15) is 0 Å². The van der Waals surface area contributed by atoms with E-state index < -0.39 is 11.6 Å². The van der Waals surface area contributed by atoms with Crippen LogP contribution in [-0.2, 0) is 9.53 Å². The van der Waals surface area contributed by atoms with E-state index in [9.17, 15) is 9.18 Å². The van der Waals surface area contributed by atoms with Crippen molar-refractivity contribution in [2.75, 3.05) is 6.61 Å². The van der Waals surface area contributed by atoms with Crippen LogP contribution in [0.2, 0.25) is 0 Å². The van der Waals surface area contributed by atoms with E-state index >= 15 is 0 Å². The number of rotatable bonds is 2. The molecule has 2 atom stereocenters. The first kappa shape index (κ1) is 10.5. The van der Waals surface area contributed by atoms with Crippen molar-refractivity contribution in [2.24, 2.45) is 5.92 Å². The van der Waals surface area contributed by atoms with E-state index in [0.29, 0.717) is 18.8 Å². The Bertz CT molecular complexity index is 193. The number of ether oxygens (including phenoxy) is 1. The van der Waals surface area contributed by atoms with Gasteiger partial charge in [-0.3, -0.25) is 0 Å². The van der Waals surface area contributed by atoms with Crippen LogP contribution < -0.4 is 0 Å². The smallest absolute Gasteiger partial charge is 0.343 e. The molecule has 1 aliphatic rings. The van der Waals surface area contributed by atoms with Crippen LogP contribution in [0.25, 0.3) is 0 Å². The predicted octanol–water partition coefficient (Wildman–Crippen LogP) is 2.47. The Labute approximate surface area is 78.5 Å². The highest BCUT2D eigenvalue weighted by Gasteiger charge is 2.43. The third-order valence-corrected chi connectivity index (χ3v) is 2.58. The minimum absolute atomic E-state index is 0.263. The highest BCUT2D eigenvalue weighted by atomic mass is 19.1. The lowest BCUT2D eigenvalue weighted by molar-refractivity contribution is -0.160. The van der Waals surface area contributed by atoms with Crippen molar-refractivity contribution in [3.05, 3.63) is 0 Å². The molecular formula is C10H17FO2. The summed E-state index contributed by atoms with van der Waals surface area (Å²) in [4.78, 5) is 11.3. The van der Waals surface area contributed by atoms with Crippen molar-refractivity contribution in [1.29, 1.82) is 0 Å². The Morgan fingerprint density at radius 3 is 2.92 bits per heavy atom. The summed E-state index contributed by atoms with van der Waals surface area (Å²) >= 11 is 0. The quantitative estimate of drug-likeness (QED) is 0.622. The number of carbonyl (C=O) groups is 1. The molecule has 76 valence electrons. The molecule has 13 heavy (non-hydrogen) atoms. The van der Waals surface area contributed by atoms with Crippen molar-refractivity contribution in [2.45, 2.75) is 45.2 Å². The van der Waals surface area contributed by atoms with Gasteiger partial charge in [0.2, 0.25) is 5.67 Å². The SMILES string of the molecule is CCOC(=O)[C@@]1(F)CCC[C@H](C)C1. The number of alkyl halides is 1. The van der Waals surface area contributed by atoms with Crippen molar-refractivity contribution < 1.29 is 13.9 Å². The molecule has 3 heteroatoms. The molecule has 1 rings (SSSR count). The number of hydrogen-bond acceptors (Lipinski definition) is 2. The first-order chi connectivity index (χ1) is 6.08. The van der Waals surface area contributed by atoms with Crippen LogP contribution in [0.5, 0.6) is 0 Å². The molecule has 0 saturated heterocycles. The molecule has 0 spiro atoms. The normalized spacial score (nSPS) is 34.2. The summed E-state index contributed by atoms with van der Waals surface area (Å²) in [5, 5.41) is 0. The molecule has 0 bridgehead atoms. The van der Waals surface area contributed by atoms with Gasteiger partial charge in [0.25, 0.3) is 0 Å². The van der Waals surface area contributed by atoms with Crippen molar-refractivity contribution in [3.63, 3.8) is 0 Å². The molecule has 0 unspecified atom stereocenters. The standard InChI is InChI=1S/C10H17FO2/c1-3-13-9(12)10(11)6-4-5-8(2)7-10/h8H,3-7H2,1-2H3/t8-,10+/m0/s1. The second-order valence-corrected chi connectivity index (χ2v) is 3.89. The molecule has 0 heterocycles. The molecule has 0 radical (unpaired) electrons. The van der Waals surface area contributed by atoms with Crippen LogP contribution in [0.1, 0.15) is 39.5 Å². The van der Waals surface area contributed by atoms with Crippen LogP contribution in [0.4, 0.5) is 4.39 Å². The first-order valence-electron chi connectivity index (χ1n) is 4.94. The topological polar surface area (TPSA) is 26.3 Å². The second kappa shape index (κ2) is 4.07. The number of hydrogen-bond donors (Lipinski definition) is 0. The van der Waals surface area contributed by atoms with Crippen molar-refractivity contribution >= 4 is 5.97 Å². The van der Waals surface area contributed by atoms with Crippen LogP contribution >= 0.6 is 0 Å². The summed E-state index contributed by atoms with van der Waals surface area (Å²) in [7, 11) is 0. The Hall–Kier alpha value is -0.600. The van der Waals surface area contributed by atoms with E-state index in [-0.39, 0.29) is 6.61 Å². The average molecular weight is 188 g/mol. The fourth-order valence-corrected chi connectivity index (χ4v) is 1.93. The summed E-state index contributed by atoms with van der Waals surface area (Å²) in [5.74, 6) is -0.371. The van der Waals surface area contributed by atoms with Gasteiger partial charge in [-0.1, -0.05) is 13.3 Å². The van der Waals surface area contributed by atoms with Gasteiger partial charge in [-0.25, -0.2) is 9.18 Å². The molecule has 0 amide bonds. The van der Waals surface area contributed by atoms with Gasteiger partial charge >= 0.3 is 5.97 Å². The largest absolute Gasteiger partial charge is 0.464 e. The van der Waals surface area contributed by atoms with E-state index in [1.54, 1.807) is 6.92 Å². The highest BCUT2D eigenvalue weighted by molar-refractivity contribution is 5.79. The predicted molar refractivity (Wildman–Crippen MR) is 48.1 cm³/mol. The van der Waals surface area contributed by atoms with Gasteiger partial charge < -0.3 is 4.74 Å². The van der Waals surface area contributed by atoms with E-state index in [4.69, 9.17) is 4.74 Å². The van der Waals surface area contributed by atoms with Crippen LogP contribution in [0.3, 0.4) is 0 Å². The van der Waals surface area contributed by atoms with Crippen LogP contribution in [0, 0.1) is 5.92 Å². The second-order valence-electron chi connectivity index (χ2n) is 3.89. The minimum Gasteiger partial charge on any atom is -0.464 e. The first-order valence-corrected chi connectivity index (χ1v) is 4.94. The van der Waals surface area contributed by atoms with Gasteiger partial charge in [0, 0.05) is 0 Å². The van der Waals surface area contributed by atoms with Gasteiger partial charge in [0.05, 0.1) is 6.61 Å². The fraction of sp³-hybridized carbons (Fsp3) is 0.900. The molecule has 0 N–H and O–H groups in total. The zero-order valence-corrected chi connectivity index (χ0v) is 8.31. The summed E-state index contributed by atoms with van der Waals surface area (Å²) in [6.07, 6.45) is 2.46. The zero-order valence-electron chi connectivity index (χ0n) is 8.31. The van der Waals surface area contributed by atoms with Gasteiger partial charge in [-0.15, -0.1) is 0 Å². The zero-order chi connectivity index (χ0) is 9.90. The number of halogens is 1. The summed E-state index contributed by atoms with van der Waals surface area (Å²) in [5.41, 5.74) is -1.70. The molecule has 1 fully saturated rings. The Morgan fingerprint density at radius 1 is 1.69 bits per heavy atom. The maximum absolute atomic E-state index is 13.9. The maximum atomic E-state index is 13.9. The van der Waals surface area contributed by atoms with E-state index in [1.165, 1.54) is 0 Å². The Balaban J connectivity index is 2.57. The molecule has 0 aromatic rings. The van der Waals surface area contributed by atoms with Gasteiger partial charge in [-0.05, 0) is 32.1 Å². The van der Waals surface area contributed by atoms with Gasteiger partial charge in [0.1, 0.15) is 0 Å². The van der Waals surface area contributed by atoms with E-state index in [1.807, 2.05) is 6.92 Å². The summed E-state index contributed by atoms with van der Waals surface area (Å²) in [6.45, 7) is 3.94. The molecule has 0 aliphatic heterocycles. The number of carbonyl (C=O) groups excluding carboxylic acids is 1. The van der Waals surface area contributed by atoms with Gasteiger partial charge in [0.15, 0.2) is 0 Å². The Kier molecular flexibility index (Phi) is 3.28. The highest BCUT2D eigenvalue weighted by Crippen LogP contribution is 2.36. The van der Waals surface area contributed by atoms with Crippen LogP contribution in [-0.4, -0.2) is 18.2 Å². The number of esters is 1. The fourth-order valence-electron chi connectivity index (χ4n) is 1.93. The van der Waals surface area contributed by atoms with E-state index in [2.05, 4.69) is 0 Å². The van der Waals surface area contributed by atoms with Crippen molar-refractivity contribution in [1.82, 2.24) is 0 Å². The molecule has 0 aromatic carbocycles. The Morgan fingerprint density at radius 2 is 2.38 bits per heavy atom. The maximum Gasteiger partial charge on any atom is 0.343 e. The van der Waals surface area contributed by atoms with Crippen LogP contribution in [0.15, 0.2) is 0 Å². The molecule has 1 aliphatic carbocycles. The monoisotopic (exact) mass is 188 g/mol. The lowest BCUT2D eigenvalue weighted by Gasteiger charge is -2.30. The van der Waals surface area contributed by atoms with Crippen molar-refractivity contribution in [3.8, 4) is 0 Å². The summed E-state index contributed by atoms with van der Waals surface area (Å²) < 4.78 is 18.6. The molecule has 2 nitrogen and oxygen atoms in total. The van der Waals surface area contributed by atoms with E-state index in [0.717, 1.165) is 12.8 Å². The minimum atomic E-state index is -1.70. The summed E-state index contributed by atoms with van der Waals surface area (Å²) in [6, 6.07) is 0. The average Bonchev–Trinajstić information content (AvgIpc) is 2.04.